The van der Waals surface area contributed by atoms with E-state index in [0.717, 1.165) is 86.0 Å². The summed E-state index contributed by atoms with van der Waals surface area (Å²) in [6.07, 6.45) is 5.54. The molecule has 4 aliphatic heterocycles. The first kappa shape index (κ1) is 41.7. The van der Waals surface area contributed by atoms with Gasteiger partial charge in [0.05, 0.1) is 41.7 Å². The minimum atomic E-state index is -0.624. The Morgan fingerprint density at radius 1 is 0.892 bits per heavy atom. The number of pyridine rings is 1. The second-order valence-corrected chi connectivity index (χ2v) is 17.1. The molecule has 2 atom stereocenters. The molecule has 0 saturated carbocycles. The van der Waals surface area contributed by atoms with Crippen molar-refractivity contribution in [2.45, 2.75) is 57.3 Å². The molecule has 0 aliphatic carbocycles. The van der Waals surface area contributed by atoms with Gasteiger partial charge in [-0.15, -0.1) is 0 Å². The highest BCUT2D eigenvalue weighted by molar-refractivity contribution is 6.05. The summed E-state index contributed by atoms with van der Waals surface area (Å²) in [5.41, 5.74) is 14.5. The van der Waals surface area contributed by atoms with Gasteiger partial charge in [0, 0.05) is 82.0 Å². The van der Waals surface area contributed by atoms with E-state index in [2.05, 4.69) is 48.2 Å². The van der Waals surface area contributed by atoms with E-state index in [4.69, 9.17) is 20.6 Å². The normalized spacial score (nSPS) is 19.0. The van der Waals surface area contributed by atoms with E-state index in [1.165, 1.54) is 31.6 Å². The zero-order valence-electron chi connectivity index (χ0n) is 36.0. The molecule has 3 saturated heterocycles. The topological polar surface area (TPSA) is 185 Å². The Bertz CT molecular complexity index is 2830. The third kappa shape index (κ3) is 8.23. The van der Waals surface area contributed by atoms with Crippen LogP contribution >= 0.6 is 0 Å². The molecule has 10 rings (SSSR count). The van der Waals surface area contributed by atoms with Gasteiger partial charge in [-0.05, 0) is 78.9 Å². The first-order valence-corrected chi connectivity index (χ1v) is 22.0. The number of anilines is 3. The zero-order chi connectivity index (χ0) is 44.8. The minimum absolute atomic E-state index is 0.0389. The summed E-state index contributed by atoms with van der Waals surface area (Å²) < 4.78 is 21.1. The summed E-state index contributed by atoms with van der Waals surface area (Å²) in [5, 5.41) is 8.15. The average Bonchev–Trinajstić information content (AvgIpc) is 4.05. The van der Waals surface area contributed by atoms with Gasteiger partial charge in [-0.25, -0.2) is 19.0 Å². The highest BCUT2D eigenvalue weighted by atomic mass is 19.1. The molecule has 16 nitrogen and oxygen atoms in total. The second-order valence-electron chi connectivity index (χ2n) is 17.1. The van der Waals surface area contributed by atoms with Crippen molar-refractivity contribution in [1.82, 2.24) is 39.8 Å². The maximum atomic E-state index is 13.9. The van der Waals surface area contributed by atoms with Crippen molar-refractivity contribution >= 4 is 51.7 Å². The van der Waals surface area contributed by atoms with E-state index in [9.17, 15) is 23.6 Å². The quantitative estimate of drug-likeness (QED) is 0.124. The number of imide groups is 1. The molecule has 6 aromatic rings. The Labute approximate surface area is 374 Å². The number of nitrogens with two attached hydrogens (primary N) is 1. The van der Waals surface area contributed by atoms with Crippen LogP contribution in [0.15, 0.2) is 85.3 Å². The third-order valence-electron chi connectivity index (χ3n) is 13.2. The monoisotopic (exact) mass is 877 g/mol. The molecule has 4 aliphatic rings. The van der Waals surface area contributed by atoms with E-state index < -0.39 is 17.8 Å². The third-order valence-corrected chi connectivity index (χ3v) is 13.2. The van der Waals surface area contributed by atoms with Gasteiger partial charge in [-0.2, -0.15) is 5.10 Å². The summed E-state index contributed by atoms with van der Waals surface area (Å²) >= 11 is 0. The predicted octanol–water partition coefficient (Wildman–Crippen LogP) is 4.97. The molecular weight excluding hydrogens is 830 g/mol. The molecule has 0 radical (unpaired) electrons. The Morgan fingerprint density at radius 3 is 2.48 bits per heavy atom. The summed E-state index contributed by atoms with van der Waals surface area (Å²) in [7, 11) is 1.46. The number of carbonyl (C=O) groups is 4. The van der Waals surface area contributed by atoms with Crippen LogP contribution in [0.3, 0.4) is 0 Å². The molecule has 0 spiro atoms. The number of ether oxygens (including phenoxy) is 1. The maximum absolute atomic E-state index is 13.9. The van der Waals surface area contributed by atoms with Crippen LogP contribution in [0.2, 0.25) is 0 Å². The van der Waals surface area contributed by atoms with Gasteiger partial charge in [0.1, 0.15) is 35.4 Å². The van der Waals surface area contributed by atoms with Gasteiger partial charge in [0.2, 0.25) is 11.8 Å². The highest BCUT2D eigenvalue weighted by Gasteiger charge is 2.39. The minimum Gasteiger partial charge on any atom is -0.496 e. The number of nitrogens with one attached hydrogen (secondary N) is 1. The number of rotatable bonds is 12. The van der Waals surface area contributed by atoms with Gasteiger partial charge in [0.15, 0.2) is 11.4 Å². The van der Waals surface area contributed by atoms with Crippen LogP contribution in [0.25, 0.3) is 22.3 Å². The lowest BCUT2D eigenvalue weighted by Crippen LogP contribution is -2.52. The lowest BCUT2D eigenvalue weighted by Gasteiger charge is -2.36. The molecule has 3 N–H and O–H groups in total. The van der Waals surface area contributed by atoms with E-state index in [0.29, 0.717) is 53.2 Å². The van der Waals surface area contributed by atoms with Gasteiger partial charge in [-0.1, -0.05) is 24.3 Å². The number of aromatic nitrogens is 5. The summed E-state index contributed by atoms with van der Waals surface area (Å²) in [4.78, 5) is 72.7. The molecule has 332 valence electrons. The Hall–Kier alpha value is -7.27. The van der Waals surface area contributed by atoms with E-state index >= 15 is 0 Å². The molecular formula is C48H48FN11O5. The van der Waals surface area contributed by atoms with Crippen molar-refractivity contribution in [3.05, 3.63) is 119 Å². The van der Waals surface area contributed by atoms with E-state index in [1.807, 2.05) is 47.3 Å². The number of aryl methyl sites for hydroxylation is 1. The van der Waals surface area contributed by atoms with Crippen molar-refractivity contribution < 1.29 is 28.3 Å². The largest absolute Gasteiger partial charge is 0.496 e. The first-order valence-electron chi connectivity index (χ1n) is 22.0. The van der Waals surface area contributed by atoms with E-state index in [-0.39, 0.29) is 42.0 Å². The molecule has 0 bridgehead atoms. The number of halogens is 1. The number of benzene rings is 3. The number of carbonyl (C=O) groups excluding carboxylic acids is 4. The van der Waals surface area contributed by atoms with Crippen LogP contribution in [0.5, 0.6) is 5.75 Å². The number of Topliss-reactive ketones (excluding diaryl/α,β-unsaturated/α-hetero) is 1. The fourth-order valence-electron chi connectivity index (χ4n) is 9.60. The SMILES string of the molecule is COc1ccc(F)cc1C(=O)CCc1ccc(-c2nn(C3CCN(c4ccc(CN5CCN(c6ccc7c(c6)CN([C@H]6CCC(=O)NC6=O)C7=O)CC5)nc4)C3)c3ncnc(N)c23)cc1. The summed E-state index contributed by atoms with van der Waals surface area (Å²) in [6, 6.07) is 21.4. The zero-order valence-corrected chi connectivity index (χ0v) is 36.0. The van der Waals surface area contributed by atoms with Crippen LogP contribution in [-0.4, -0.2) is 110 Å². The molecule has 3 aromatic heterocycles. The first-order chi connectivity index (χ1) is 31.6. The summed E-state index contributed by atoms with van der Waals surface area (Å²) in [5.74, 6) is -0.821. The molecule has 3 amide bonds. The van der Waals surface area contributed by atoms with Gasteiger partial charge in [-0.3, -0.25) is 34.4 Å². The van der Waals surface area contributed by atoms with Crippen LogP contribution < -0.4 is 25.6 Å². The molecule has 3 fully saturated rings. The van der Waals surface area contributed by atoms with Crippen molar-refractivity contribution in [3.63, 3.8) is 0 Å². The fourth-order valence-corrected chi connectivity index (χ4v) is 9.60. The lowest BCUT2D eigenvalue weighted by atomic mass is 10.00. The molecule has 7 heterocycles. The number of hydrogen-bond donors (Lipinski definition) is 2. The predicted molar refractivity (Wildman–Crippen MR) is 241 cm³/mol. The smallest absolute Gasteiger partial charge is 0.255 e. The number of nitrogens with zero attached hydrogens (tertiary/aromatic N) is 9. The summed E-state index contributed by atoms with van der Waals surface area (Å²) in [6.45, 7) is 6.04. The van der Waals surface area contributed by atoms with E-state index in [1.54, 1.807) is 4.90 Å². The fraction of sp³-hybridized carbons (Fsp3) is 0.333. The number of ketones is 1. The van der Waals surface area contributed by atoms with Gasteiger partial charge < -0.3 is 25.2 Å². The van der Waals surface area contributed by atoms with Crippen molar-refractivity contribution in [3.8, 4) is 17.0 Å². The number of hydrogen-bond acceptors (Lipinski definition) is 13. The van der Waals surface area contributed by atoms with Crippen LogP contribution in [0.4, 0.5) is 21.6 Å². The lowest BCUT2D eigenvalue weighted by molar-refractivity contribution is -0.136. The van der Waals surface area contributed by atoms with Gasteiger partial charge in [0.25, 0.3) is 5.91 Å². The average molecular weight is 878 g/mol. The molecule has 1 unspecified atom stereocenters. The van der Waals surface area contributed by atoms with Crippen molar-refractivity contribution in [1.29, 1.82) is 0 Å². The number of piperazine rings is 1. The maximum Gasteiger partial charge on any atom is 0.255 e. The number of piperidine rings is 1. The number of amides is 3. The second kappa shape index (κ2) is 17.4. The Morgan fingerprint density at radius 2 is 1.71 bits per heavy atom. The standard InChI is InChI=1S/C48H48FN11O5/c1-65-41-14-7-32(49)23-38(41)40(61)13-4-29-2-5-30(6-3-29)44-43-45(50)52-28-53-46(43)60(55-44)36-16-17-58(27-36)35-9-8-33(51-24-35)26-56-18-20-57(21-19-56)34-10-11-37-31(22-34)25-59(48(37)64)39-12-15-42(62)54-47(39)63/h2-3,5-11,14,22-24,28,36,39H,4,12-13,15-21,25-27H2,1H3,(H2,50,52,53)(H,54,62,63)/t36?,39-/m0/s1. The molecule has 3 aromatic carbocycles. The number of nitrogen functional groups attached to an aromatic ring is 1. The van der Waals surface area contributed by atoms with Crippen molar-refractivity contribution in [2.75, 3.05) is 61.9 Å². The molecule has 17 heteroatoms. The number of methoxy groups -OCH3 is 1. The van der Waals surface area contributed by atoms with Crippen LogP contribution in [0.1, 0.15) is 69.3 Å². The highest BCUT2D eigenvalue weighted by Crippen LogP contribution is 2.36. The number of fused-ring (bicyclic) bond motifs is 2. The molecule has 65 heavy (non-hydrogen) atoms. The van der Waals surface area contributed by atoms with Crippen LogP contribution in [-0.2, 0) is 29.1 Å². The van der Waals surface area contributed by atoms with Gasteiger partial charge >= 0.3 is 0 Å². The Balaban J connectivity index is 0.743. The Kier molecular flexibility index (Phi) is 11.1. The van der Waals surface area contributed by atoms with Crippen LogP contribution in [0, 0.1) is 5.82 Å². The van der Waals surface area contributed by atoms with Crippen molar-refractivity contribution in [2.24, 2.45) is 0 Å².